The van der Waals surface area contributed by atoms with Gasteiger partial charge in [-0.2, -0.15) is 5.10 Å². The third-order valence-electron chi connectivity index (χ3n) is 3.63. The van der Waals surface area contributed by atoms with Crippen molar-refractivity contribution in [2.24, 2.45) is 5.10 Å². The zero-order valence-electron chi connectivity index (χ0n) is 12.8. The number of benzene rings is 3. The summed E-state index contributed by atoms with van der Waals surface area (Å²) in [6.45, 7) is 0. The summed E-state index contributed by atoms with van der Waals surface area (Å²) >= 11 is 0. The van der Waals surface area contributed by atoms with Gasteiger partial charge in [-0.25, -0.2) is 5.43 Å². The Labute approximate surface area is 138 Å². The van der Waals surface area contributed by atoms with Gasteiger partial charge in [0.15, 0.2) is 11.5 Å². The van der Waals surface area contributed by atoms with Gasteiger partial charge in [-0.3, -0.25) is 4.79 Å². The second kappa shape index (κ2) is 6.83. The number of hydrogen-bond donors (Lipinski definition) is 3. The second-order valence-electron chi connectivity index (χ2n) is 5.36. The van der Waals surface area contributed by atoms with Crippen LogP contribution in [0.4, 0.5) is 0 Å². The van der Waals surface area contributed by atoms with Gasteiger partial charge in [0.1, 0.15) is 0 Å². The zero-order valence-corrected chi connectivity index (χ0v) is 12.8. The van der Waals surface area contributed by atoms with Crippen molar-refractivity contribution in [2.75, 3.05) is 0 Å². The molecule has 0 bridgehead atoms. The molecule has 0 saturated carbocycles. The molecule has 3 aromatic rings. The van der Waals surface area contributed by atoms with Gasteiger partial charge in [-0.15, -0.1) is 0 Å². The topological polar surface area (TPSA) is 81.9 Å². The smallest absolute Gasteiger partial charge is 0.244 e. The third kappa shape index (κ3) is 3.52. The summed E-state index contributed by atoms with van der Waals surface area (Å²) < 4.78 is 0. The number of carbonyl (C=O) groups excluding carboxylic acids is 1. The first kappa shape index (κ1) is 15.6. The van der Waals surface area contributed by atoms with E-state index < -0.39 is 0 Å². The fourth-order valence-electron chi connectivity index (χ4n) is 2.46. The van der Waals surface area contributed by atoms with Crippen molar-refractivity contribution < 1.29 is 15.0 Å². The summed E-state index contributed by atoms with van der Waals surface area (Å²) in [6.07, 6.45) is 1.62. The number of amides is 1. The van der Waals surface area contributed by atoms with Crippen molar-refractivity contribution in [2.45, 2.75) is 6.42 Å². The van der Waals surface area contributed by atoms with E-state index in [4.69, 9.17) is 0 Å². The van der Waals surface area contributed by atoms with E-state index in [0.29, 0.717) is 5.56 Å². The SMILES string of the molecule is O=C(Cc1cccc2ccccc12)N/N=C/c1ccc(O)c(O)c1. The predicted octanol–water partition coefficient (Wildman–Crippen LogP) is 2.94. The number of nitrogens with zero attached hydrogens (tertiary/aromatic N) is 1. The molecule has 3 aromatic carbocycles. The van der Waals surface area contributed by atoms with Crippen molar-refractivity contribution in [1.29, 1.82) is 0 Å². The highest BCUT2D eigenvalue weighted by Crippen LogP contribution is 2.24. The highest BCUT2D eigenvalue weighted by molar-refractivity contribution is 5.90. The Morgan fingerprint density at radius 3 is 2.62 bits per heavy atom. The quantitative estimate of drug-likeness (QED) is 0.393. The summed E-state index contributed by atoms with van der Waals surface area (Å²) in [5, 5.41) is 24.7. The molecule has 0 saturated heterocycles. The summed E-state index contributed by atoms with van der Waals surface area (Å²) in [5.74, 6) is -0.668. The predicted molar refractivity (Wildman–Crippen MR) is 93.2 cm³/mol. The van der Waals surface area contributed by atoms with Crippen LogP contribution in [0.5, 0.6) is 11.5 Å². The number of phenolic OH excluding ortho intramolecular Hbond substituents is 2. The molecule has 0 fully saturated rings. The molecule has 0 aliphatic carbocycles. The van der Waals surface area contributed by atoms with Crippen molar-refractivity contribution >= 4 is 22.9 Å². The van der Waals surface area contributed by atoms with Crippen LogP contribution in [0.1, 0.15) is 11.1 Å². The lowest BCUT2D eigenvalue weighted by Crippen LogP contribution is -2.19. The lowest BCUT2D eigenvalue weighted by Gasteiger charge is -2.05. The molecule has 0 aliphatic heterocycles. The fourth-order valence-corrected chi connectivity index (χ4v) is 2.46. The zero-order chi connectivity index (χ0) is 16.9. The van der Waals surface area contributed by atoms with Gasteiger partial charge in [0.05, 0.1) is 12.6 Å². The van der Waals surface area contributed by atoms with E-state index in [9.17, 15) is 15.0 Å². The molecule has 0 spiro atoms. The van der Waals surface area contributed by atoms with Crippen LogP contribution in [0.25, 0.3) is 10.8 Å². The van der Waals surface area contributed by atoms with Gasteiger partial charge in [0.2, 0.25) is 5.91 Å². The number of hydrogen-bond acceptors (Lipinski definition) is 4. The van der Waals surface area contributed by atoms with Crippen LogP contribution in [-0.2, 0) is 11.2 Å². The lowest BCUT2D eigenvalue weighted by atomic mass is 10.0. The molecule has 0 heterocycles. The minimum absolute atomic E-state index is 0.202. The average Bonchev–Trinajstić information content (AvgIpc) is 2.58. The van der Waals surface area contributed by atoms with E-state index in [2.05, 4.69) is 10.5 Å². The van der Waals surface area contributed by atoms with Crippen molar-refractivity contribution in [1.82, 2.24) is 5.43 Å². The van der Waals surface area contributed by atoms with Crippen LogP contribution in [0.2, 0.25) is 0 Å². The summed E-state index contributed by atoms with van der Waals surface area (Å²) in [5.41, 5.74) is 3.96. The van der Waals surface area contributed by atoms with Crippen LogP contribution < -0.4 is 5.43 Å². The number of nitrogens with one attached hydrogen (secondary N) is 1. The highest BCUT2D eigenvalue weighted by atomic mass is 16.3. The number of carbonyl (C=O) groups is 1. The van der Waals surface area contributed by atoms with Gasteiger partial charge in [-0.1, -0.05) is 42.5 Å². The largest absolute Gasteiger partial charge is 0.504 e. The second-order valence-corrected chi connectivity index (χ2v) is 5.36. The number of fused-ring (bicyclic) bond motifs is 1. The fraction of sp³-hybridized carbons (Fsp3) is 0.0526. The van der Waals surface area contributed by atoms with Gasteiger partial charge in [0, 0.05) is 0 Å². The van der Waals surface area contributed by atoms with Gasteiger partial charge >= 0.3 is 0 Å². The van der Waals surface area contributed by atoms with E-state index in [1.54, 1.807) is 6.07 Å². The Bertz CT molecular complexity index is 914. The van der Waals surface area contributed by atoms with E-state index in [-0.39, 0.29) is 23.8 Å². The molecule has 5 nitrogen and oxygen atoms in total. The minimum atomic E-state index is -0.235. The van der Waals surface area contributed by atoms with E-state index in [1.165, 1.54) is 18.3 Å². The summed E-state index contributed by atoms with van der Waals surface area (Å²) in [4.78, 5) is 12.1. The highest BCUT2D eigenvalue weighted by Gasteiger charge is 2.06. The van der Waals surface area contributed by atoms with Gasteiger partial charge < -0.3 is 10.2 Å². The van der Waals surface area contributed by atoms with Crippen LogP contribution in [-0.4, -0.2) is 22.3 Å². The normalized spacial score (nSPS) is 11.0. The molecule has 3 rings (SSSR count). The van der Waals surface area contributed by atoms with Crippen molar-refractivity contribution in [3.05, 3.63) is 71.8 Å². The Morgan fingerprint density at radius 2 is 1.79 bits per heavy atom. The van der Waals surface area contributed by atoms with E-state index >= 15 is 0 Å². The molecular weight excluding hydrogens is 304 g/mol. The summed E-state index contributed by atoms with van der Waals surface area (Å²) in [7, 11) is 0. The molecule has 1 amide bonds. The lowest BCUT2D eigenvalue weighted by molar-refractivity contribution is -0.120. The molecule has 0 radical (unpaired) electrons. The third-order valence-corrected chi connectivity index (χ3v) is 3.63. The molecule has 5 heteroatoms. The number of hydrazone groups is 1. The maximum absolute atomic E-state index is 12.1. The first-order valence-electron chi connectivity index (χ1n) is 7.44. The van der Waals surface area contributed by atoms with Gasteiger partial charge in [0.25, 0.3) is 0 Å². The Balaban J connectivity index is 1.67. The first-order chi connectivity index (χ1) is 11.6. The molecule has 3 N–H and O–H groups in total. The molecular formula is C19H16N2O3. The van der Waals surface area contributed by atoms with Crippen LogP contribution in [0.15, 0.2) is 65.8 Å². The number of aromatic hydroxyl groups is 2. The monoisotopic (exact) mass is 320 g/mol. The molecule has 0 aromatic heterocycles. The Hall–Kier alpha value is -3.34. The Morgan fingerprint density at radius 1 is 1.00 bits per heavy atom. The van der Waals surface area contributed by atoms with Crippen molar-refractivity contribution in [3.63, 3.8) is 0 Å². The first-order valence-corrected chi connectivity index (χ1v) is 7.44. The number of rotatable bonds is 4. The number of phenols is 2. The van der Waals surface area contributed by atoms with Crippen LogP contribution in [0, 0.1) is 0 Å². The Kier molecular flexibility index (Phi) is 4.43. The van der Waals surface area contributed by atoms with E-state index in [0.717, 1.165) is 16.3 Å². The van der Waals surface area contributed by atoms with Crippen LogP contribution >= 0.6 is 0 Å². The molecule has 0 aliphatic rings. The maximum Gasteiger partial charge on any atom is 0.244 e. The maximum atomic E-state index is 12.1. The minimum Gasteiger partial charge on any atom is -0.504 e. The summed E-state index contributed by atoms with van der Waals surface area (Å²) in [6, 6.07) is 18.0. The molecule has 0 unspecified atom stereocenters. The van der Waals surface area contributed by atoms with Crippen molar-refractivity contribution in [3.8, 4) is 11.5 Å². The average molecular weight is 320 g/mol. The molecule has 120 valence electrons. The molecule has 0 atom stereocenters. The standard InChI is InChI=1S/C19H16N2O3/c22-17-9-8-13(10-18(17)23)12-20-21-19(24)11-15-6-3-5-14-4-1-2-7-16(14)15/h1-10,12,22-23H,11H2,(H,21,24)/b20-12+. The van der Waals surface area contributed by atoms with Crippen LogP contribution in [0.3, 0.4) is 0 Å². The van der Waals surface area contributed by atoms with Gasteiger partial charge in [-0.05, 0) is 40.1 Å². The molecule has 24 heavy (non-hydrogen) atoms. The van der Waals surface area contributed by atoms with E-state index in [1.807, 2.05) is 42.5 Å².